The normalized spacial score (nSPS) is 10.3. The van der Waals surface area contributed by atoms with Crippen molar-refractivity contribution in [3.05, 3.63) is 63.6 Å². The highest BCUT2D eigenvalue weighted by Gasteiger charge is 2.15. The van der Waals surface area contributed by atoms with E-state index in [1.807, 2.05) is 13.8 Å². The lowest BCUT2D eigenvalue weighted by Gasteiger charge is -2.14. The van der Waals surface area contributed by atoms with E-state index in [1.165, 1.54) is 18.2 Å². The number of ether oxygens (including phenoxy) is 1. The number of carbonyl (C=O) groups is 2. The maximum absolute atomic E-state index is 12.5. The summed E-state index contributed by atoms with van der Waals surface area (Å²) in [5, 5.41) is 3.01. The number of hydrazine groups is 1. The first-order valence-electron chi connectivity index (χ1n) is 8.36. The zero-order chi connectivity index (χ0) is 20.7. The second-order valence-electron chi connectivity index (χ2n) is 6.19. The highest BCUT2D eigenvalue weighted by atomic mass is 35.5. The van der Waals surface area contributed by atoms with Crippen LogP contribution in [0.25, 0.3) is 0 Å². The van der Waals surface area contributed by atoms with E-state index in [9.17, 15) is 9.59 Å². The van der Waals surface area contributed by atoms with Gasteiger partial charge in [-0.15, -0.1) is 0 Å². The van der Waals surface area contributed by atoms with E-state index in [4.69, 9.17) is 40.2 Å². The number of rotatable bonds is 5. The topological polar surface area (TPSA) is 79.5 Å². The summed E-state index contributed by atoms with van der Waals surface area (Å²) in [6.07, 6.45) is 0. The van der Waals surface area contributed by atoms with Crippen molar-refractivity contribution in [2.24, 2.45) is 5.92 Å². The molecule has 0 bridgehead atoms. The minimum absolute atomic E-state index is 0.0814. The van der Waals surface area contributed by atoms with E-state index in [0.29, 0.717) is 28.9 Å². The molecule has 0 unspecified atom stereocenters. The van der Waals surface area contributed by atoms with Crippen LogP contribution < -0.4 is 20.9 Å². The number of benzene rings is 2. The van der Waals surface area contributed by atoms with Gasteiger partial charge in [0, 0.05) is 5.02 Å². The number of hydrogen-bond donors (Lipinski definition) is 3. The van der Waals surface area contributed by atoms with Gasteiger partial charge in [-0.25, -0.2) is 0 Å². The zero-order valence-corrected chi connectivity index (χ0v) is 17.5. The largest absolute Gasteiger partial charge is 0.492 e. The molecule has 0 atom stereocenters. The van der Waals surface area contributed by atoms with E-state index in [1.54, 1.807) is 24.3 Å². The second kappa shape index (κ2) is 10.3. The molecule has 0 spiro atoms. The SMILES string of the molecule is CC(C)COc1ccccc1C(=O)NC(=S)NNC(=O)c1ccc(Cl)cc1Cl. The van der Waals surface area contributed by atoms with Crippen molar-refractivity contribution in [3.8, 4) is 5.75 Å². The number of hydrogen-bond acceptors (Lipinski definition) is 4. The van der Waals surface area contributed by atoms with Crippen molar-refractivity contribution in [2.45, 2.75) is 13.8 Å². The molecule has 2 aromatic rings. The Hall–Kier alpha value is -2.35. The lowest BCUT2D eigenvalue weighted by molar-refractivity contribution is 0.0933. The average Bonchev–Trinajstić information content (AvgIpc) is 2.64. The summed E-state index contributed by atoms with van der Waals surface area (Å²) in [7, 11) is 0. The molecule has 0 aromatic heterocycles. The third kappa shape index (κ3) is 6.37. The summed E-state index contributed by atoms with van der Waals surface area (Å²) in [5.41, 5.74) is 5.37. The number of nitrogens with one attached hydrogen (secondary N) is 3. The van der Waals surface area contributed by atoms with Crippen molar-refractivity contribution in [2.75, 3.05) is 6.61 Å². The van der Waals surface area contributed by atoms with Crippen molar-refractivity contribution in [1.29, 1.82) is 0 Å². The van der Waals surface area contributed by atoms with Gasteiger partial charge < -0.3 is 4.74 Å². The predicted octanol–water partition coefficient (Wildman–Crippen LogP) is 3.98. The number of para-hydroxylation sites is 1. The van der Waals surface area contributed by atoms with Gasteiger partial charge in [0.15, 0.2) is 5.11 Å². The van der Waals surface area contributed by atoms with Crippen LogP contribution in [0.1, 0.15) is 34.6 Å². The first-order valence-corrected chi connectivity index (χ1v) is 9.53. The van der Waals surface area contributed by atoms with Gasteiger partial charge in [-0.2, -0.15) is 0 Å². The van der Waals surface area contributed by atoms with Crippen molar-refractivity contribution >= 4 is 52.3 Å². The van der Waals surface area contributed by atoms with Crippen LogP contribution in [0, 0.1) is 5.92 Å². The van der Waals surface area contributed by atoms with Crippen LogP contribution in [-0.4, -0.2) is 23.5 Å². The van der Waals surface area contributed by atoms with E-state index in [0.717, 1.165) is 0 Å². The average molecular weight is 440 g/mol. The fourth-order valence-corrected chi connectivity index (χ4v) is 2.73. The summed E-state index contributed by atoms with van der Waals surface area (Å²) < 4.78 is 5.66. The smallest absolute Gasteiger partial charge is 0.271 e. The molecular formula is C19H19Cl2N3O3S. The van der Waals surface area contributed by atoms with Crippen LogP contribution >= 0.6 is 35.4 Å². The molecule has 148 valence electrons. The molecule has 3 N–H and O–H groups in total. The first-order chi connectivity index (χ1) is 13.3. The molecule has 2 amide bonds. The van der Waals surface area contributed by atoms with Crippen LogP contribution in [0.2, 0.25) is 10.0 Å². The summed E-state index contributed by atoms with van der Waals surface area (Å²) in [6, 6.07) is 11.3. The molecule has 0 saturated carbocycles. The van der Waals surface area contributed by atoms with Crippen LogP contribution in [0.5, 0.6) is 5.75 Å². The maximum atomic E-state index is 12.5. The Balaban J connectivity index is 1.94. The van der Waals surface area contributed by atoms with Crippen molar-refractivity contribution < 1.29 is 14.3 Å². The standard InChI is InChI=1S/C19H19Cl2N3O3S/c1-11(2)10-27-16-6-4-3-5-14(16)17(25)22-19(28)24-23-18(26)13-8-7-12(20)9-15(13)21/h3-9,11H,10H2,1-2H3,(H,23,26)(H2,22,24,25,28). The maximum Gasteiger partial charge on any atom is 0.271 e. The van der Waals surface area contributed by atoms with Crippen LogP contribution in [-0.2, 0) is 0 Å². The fraction of sp³-hybridized carbons (Fsp3) is 0.211. The predicted molar refractivity (Wildman–Crippen MR) is 114 cm³/mol. The van der Waals surface area contributed by atoms with Gasteiger partial charge in [0.25, 0.3) is 11.8 Å². The van der Waals surface area contributed by atoms with E-state index < -0.39 is 11.8 Å². The van der Waals surface area contributed by atoms with Gasteiger partial charge in [0.2, 0.25) is 0 Å². The molecule has 0 fully saturated rings. The summed E-state index contributed by atoms with van der Waals surface area (Å²) in [6.45, 7) is 4.50. The van der Waals surface area contributed by atoms with Crippen LogP contribution in [0.3, 0.4) is 0 Å². The fourth-order valence-electron chi connectivity index (χ4n) is 2.09. The molecule has 0 radical (unpaired) electrons. The molecule has 2 aromatic carbocycles. The molecule has 0 heterocycles. The Labute approximate surface area is 178 Å². The minimum atomic E-state index is -0.529. The highest BCUT2D eigenvalue weighted by Crippen LogP contribution is 2.21. The monoisotopic (exact) mass is 439 g/mol. The number of thiocarbonyl (C=S) groups is 1. The molecule has 0 aliphatic carbocycles. The van der Waals surface area contributed by atoms with E-state index in [-0.39, 0.29) is 15.7 Å². The number of carbonyl (C=O) groups excluding carboxylic acids is 2. The number of halogens is 2. The molecule has 28 heavy (non-hydrogen) atoms. The van der Waals surface area contributed by atoms with Crippen LogP contribution in [0.4, 0.5) is 0 Å². The Morgan fingerprint density at radius 3 is 2.43 bits per heavy atom. The molecule has 2 rings (SSSR count). The van der Waals surface area contributed by atoms with Gasteiger partial charge in [-0.05, 0) is 48.5 Å². The lowest BCUT2D eigenvalue weighted by atomic mass is 10.2. The van der Waals surface area contributed by atoms with Crippen LogP contribution in [0.15, 0.2) is 42.5 Å². The van der Waals surface area contributed by atoms with Gasteiger partial charge >= 0.3 is 0 Å². The lowest BCUT2D eigenvalue weighted by Crippen LogP contribution is -2.48. The highest BCUT2D eigenvalue weighted by molar-refractivity contribution is 7.80. The third-order valence-electron chi connectivity index (χ3n) is 3.40. The molecular weight excluding hydrogens is 421 g/mol. The molecule has 9 heteroatoms. The molecule has 0 saturated heterocycles. The molecule has 6 nitrogen and oxygen atoms in total. The van der Waals surface area contributed by atoms with Gasteiger partial charge in [0.05, 0.1) is 22.8 Å². The summed E-state index contributed by atoms with van der Waals surface area (Å²) >= 11 is 16.8. The Kier molecular flexibility index (Phi) is 8.04. The van der Waals surface area contributed by atoms with Gasteiger partial charge in [-0.3, -0.25) is 25.8 Å². The Morgan fingerprint density at radius 2 is 1.75 bits per heavy atom. The van der Waals surface area contributed by atoms with E-state index >= 15 is 0 Å². The summed E-state index contributed by atoms with van der Waals surface area (Å²) in [4.78, 5) is 24.6. The van der Waals surface area contributed by atoms with Gasteiger partial charge in [0.1, 0.15) is 5.75 Å². The quantitative estimate of drug-likeness (QED) is 0.484. The Bertz CT molecular complexity index is 890. The minimum Gasteiger partial charge on any atom is -0.492 e. The first kappa shape index (κ1) is 21.9. The summed E-state index contributed by atoms with van der Waals surface area (Å²) in [5.74, 6) is -0.225. The van der Waals surface area contributed by atoms with Crippen molar-refractivity contribution in [3.63, 3.8) is 0 Å². The van der Waals surface area contributed by atoms with E-state index in [2.05, 4.69) is 16.2 Å². The van der Waals surface area contributed by atoms with Crippen molar-refractivity contribution in [1.82, 2.24) is 16.2 Å². The third-order valence-corrected chi connectivity index (χ3v) is 4.15. The Morgan fingerprint density at radius 1 is 1.04 bits per heavy atom. The number of amides is 2. The second-order valence-corrected chi connectivity index (χ2v) is 7.44. The zero-order valence-electron chi connectivity index (χ0n) is 15.2. The molecule has 0 aliphatic heterocycles. The molecule has 0 aliphatic rings. The van der Waals surface area contributed by atoms with Gasteiger partial charge in [-0.1, -0.05) is 49.2 Å².